The Hall–Kier alpha value is -0.300. The maximum Gasteiger partial charge on any atom is 0.163 e. The molecule has 8 aliphatic heterocycles. The fourth-order valence-corrected chi connectivity index (χ4v) is 14.8. The fraction of sp³-hybridized carbons (Fsp3) is 0.987. The fourth-order valence-electron chi connectivity index (χ4n) is 13.6. The van der Waals surface area contributed by atoms with E-state index in [-0.39, 0.29) is 11.2 Å². The third kappa shape index (κ3) is 37.4. The molecule has 0 spiro atoms. The first-order valence-corrected chi connectivity index (χ1v) is 38.8. The zero-order valence-electron chi connectivity index (χ0n) is 61.9. The molecule has 0 N–H and O–H groups in total. The molecule has 2 bridgehead atoms. The number of likely N-dealkylation sites (tertiary alicyclic amines) is 1. The molecule has 8 heterocycles. The molecule has 3 saturated carbocycles. The van der Waals surface area contributed by atoms with E-state index in [0.29, 0.717) is 41.5 Å². The molecule has 0 aromatic rings. The average Bonchev–Trinajstić information content (AvgIpc) is 1.59. The molecule has 9 atom stereocenters. The SMILES string of the molecule is CC.CC.CC.CCC12CCC(CC1=O)C2(C)C.CCC1CCCCC1.CCC1CCCN1C.CCC1CCCO1.CCC1CCCO1.CCC1CCCO1.CCC1CCCS1.CCC1CCOC1.CCC1CCOCC1.CCC1COC(C)(C)O1. The summed E-state index contributed by atoms with van der Waals surface area (Å²) in [6.07, 6.45) is 42.7. The van der Waals surface area contributed by atoms with Crippen LogP contribution in [0.3, 0.4) is 0 Å². The predicted molar refractivity (Wildman–Crippen MR) is 378 cm³/mol. The van der Waals surface area contributed by atoms with Crippen molar-refractivity contribution in [1.82, 2.24) is 4.90 Å². The lowest BCUT2D eigenvalue weighted by Gasteiger charge is -2.35. The molecule has 86 heavy (non-hydrogen) atoms. The summed E-state index contributed by atoms with van der Waals surface area (Å²) in [7, 11) is 2.22. The van der Waals surface area contributed by atoms with Crippen molar-refractivity contribution in [3.8, 4) is 0 Å². The van der Waals surface area contributed by atoms with Gasteiger partial charge < -0.3 is 38.1 Å². The molecule has 8 saturated heterocycles. The molecule has 0 aromatic heterocycles. The summed E-state index contributed by atoms with van der Waals surface area (Å²) >= 11 is 2.14. The lowest BCUT2D eigenvalue weighted by molar-refractivity contribution is -0.138. The van der Waals surface area contributed by atoms with Crippen molar-refractivity contribution in [3.05, 3.63) is 0 Å². The van der Waals surface area contributed by atoms with E-state index in [4.69, 9.17) is 33.2 Å². The second-order valence-electron chi connectivity index (χ2n) is 26.3. The van der Waals surface area contributed by atoms with E-state index in [2.05, 4.69) is 107 Å². The Kier molecular flexibility index (Phi) is 57.4. The summed E-state index contributed by atoms with van der Waals surface area (Å²) in [5, 5.41) is 1.01. The van der Waals surface area contributed by atoms with Gasteiger partial charge in [-0.25, -0.2) is 0 Å². The number of ketones is 1. The molecular formula is C76H155NO8S. The summed E-state index contributed by atoms with van der Waals surface area (Å²) in [6, 6.07) is 0.898. The van der Waals surface area contributed by atoms with E-state index >= 15 is 0 Å². The Balaban J connectivity index is 0. The molecule has 11 aliphatic rings. The highest BCUT2D eigenvalue weighted by Gasteiger charge is 2.62. The van der Waals surface area contributed by atoms with E-state index in [0.717, 1.165) is 108 Å². The first-order chi connectivity index (χ1) is 41.5. The monoisotopic (exact) mass is 1240 g/mol. The minimum absolute atomic E-state index is 0.0671. The number of hydrogen-bond donors (Lipinski definition) is 0. The van der Waals surface area contributed by atoms with Crippen molar-refractivity contribution in [1.29, 1.82) is 0 Å². The van der Waals surface area contributed by atoms with Crippen LogP contribution >= 0.6 is 11.8 Å². The lowest BCUT2D eigenvalue weighted by Crippen LogP contribution is -2.34. The minimum atomic E-state index is -0.333. The molecular weight excluding hydrogens is 1090 g/mol. The van der Waals surface area contributed by atoms with E-state index in [9.17, 15) is 4.79 Å². The van der Waals surface area contributed by atoms with Gasteiger partial charge in [-0.3, -0.25) is 4.79 Å². The molecule has 0 amide bonds. The normalized spacial score (nSPS) is 29.8. The Bertz CT molecular complexity index is 1320. The highest BCUT2D eigenvalue weighted by molar-refractivity contribution is 8.00. The molecule has 518 valence electrons. The van der Waals surface area contributed by atoms with Crippen molar-refractivity contribution >= 4 is 17.5 Å². The van der Waals surface area contributed by atoms with Gasteiger partial charge in [0.15, 0.2) is 5.79 Å². The van der Waals surface area contributed by atoms with E-state index in [1.165, 1.54) is 186 Å². The molecule has 9 unspecified atom stereocenters. The Morgan fingerprint density at radius 3 is 1.17 bits per heavy atom. The van der Waals surface area contributed by atoms with E-state index in [1.807, 2.05) is 55.4 Å². The zero-order valence-corrected chi connectivity index (χ0v) is 62.7. The van der Waals surface area contributed by atoms with Crippen LogP contribution in [0.1, 0.15) is 338 Å². The quantitative estimate of drug-likeness (QED) is 0.211. The molecule has 9 nitrogen and oxygen atoms in total. The van der Waals surface area contributed by atoms with Crippen molar-refractivity contribution in [2.24, 2.45) is 34.5 Å². The molecule has 0 aromatic carbocycles. The smallest absolute Gasteiger partial charge is 0.163 e. The maximum atomic E-state index is 11.8. The van der Waals surface area contributed by atoms with Gasteiger partial charge in [-0.2, -0.15) is 11.8 Å². The van der Waals surface area contributed by atoms with Gasteiger partial charge in [0, 0.05) is 69.4 Å². The number of carbonyl (C=O) groups is 1. The predicted octanol–water partition coefficient (Wildman–Crippen LogP) is 22.2. The van der Waals surface area contributed by atoms with Crippen LogP contribution in [-0.2, 0) is 38.0 Å². The van der Waals surface area contributed by atoms with Crippen molar-refractivity contribution < 1.29 is 38.0 Å². The number of fused-ring (bicyclic) bond motifs is 2. The third-order valence-corrected chi connectivity index (χ3v) is 21.7. The zero-order chi connectivity index (χ0) is 65.1. The van der Waals surface area contributed by atoms with Crippen LogP contribution in [0.25, 0.3) is 0 Å². The topological polar surface area (TPSA) is 84.9 Å². The Morgan fingerprint density at radius 2 is 0.953 bits per heavy atom. The number of rotatable bonds is 10. The van der Waals surface area contributed by atoms with Crippen LogP contribution in [0.15, 0.2) is 0 Å². The van der Waals surface area contributed by atoms with E-state index < -0.39 is 0 Å². The number of Topliss-reactive ketones (excluding diaryl/α,β-unsaturated/α-hetero) is 1. The molecule has 11 fully saturated rings. The highest BCUT2D eigenvalue weighted by atomic mass is 32.2. The van der Waals surface area contributed by atoms with Gasteiger partial charge >= 0.3 is 0 Å². The van der Waals surface area contributed by atoms with Crippen LogP contribution in [-0.4, -0.2) is 124 Å². The lowest BCUT2D eigenvalue weighted by atomic mass is 9.67. The number of ether oxygens (including phenoxy) is 7. The summed E-state index contributed by atoms with van der Waals surface area (Å²) in [6.45, 7) is 51.7. The second kappa shape index (κ2) is 56.3. The Labute approximate surface area is 543 Å². The van der Waals surface area contributed by atoms with Crippen molar-refractivity contribution in [2.75, 3.05) is 72.2 Å². The van der Waals surface area contributed by atoms with Gasteiger partial charge in [-0.05, 0) is 204 Å². The van der Waals surface area contributed by atoms with Gasteiger partial charge in [-0.1, -0.05) is 176 Å². The van der Waals surface area contributed by atoms with Crippen LogP contribution in [0, 0.1) is 34.5 Å². The third-order valence-electron chi connectivity index (χ3n) is 20.1. The largest absolute Gasteiger partial charge is 0.381 e. The number of carbonyl (C=O) groups excluding carboxylic acids is 1. The number of nitrogens with zero attached hydrogens (tertiary/aromatic N) is 1. The molecule has 3 aliphatic carbocycles. The molecule has 11 rings (SSSR count). The summed E-state index contributed by atoms with van der Waals surface area (Å²) in [4.78, 5) is 14.3. The van der Waals surface area contributed by atoms with Crippen molar-refractivity contribution in [2.45, 2.75) is 379 Å². The first-order valence-electron chi connectivity index (χ1n) is 37.7. The second-order valence-corrected chi connectivity index (χ2v) is 27.7. The van der Waals surface area contributed by atoms with Crippen LogP contribution in [0.4, 0.5) is 0 Å². The standard InChI is InChI=1S/C11H18O.C8H16.C7H15N.C7H14O2.C7H14O.4C6H12O.C6H12S.3C2H6/c1-4-11-6-5-8(7-9(11)12)10(11,2)3;1-2-8-6-4-3-5-7-8;1-3-7-5-4-6-8(7)2;1-4-6-5-8-7(2,3)9-6;1-2-7-3-5-8-6-4-7;1-2-6-3-4-7-5-6;4*1-2-6-4-3-5-7-6;3*1-2/h8H,4-7H2,1-3H3;8H,2-7H2,1H3;7H,3-6H2,1-2H3;6H,4-5H2,1-3H3;7H,2-6H2,1H3;5*6H,2-5H2,1H3;3*1-2H3. The van der Waals surface area contributed by atoms with Gasteiger partial charge in [0.2, 0.25) is 0 Å². The van der Waals surface area contributed by atoms with Crippen LogP contribution in [0.5, 0.6) is 0 Å². The van der Waals surface area contributed by atoms with Gasteiger partial charge in [-0.15, -0.1) is 0 Å². The first kappa shape index (κ1) is 87.8. The van der Waals surface area contributed by atoms with E-state index in [1.54, 1.807) is 0 Å². The Morgan fingerprint density at radius 1 is 0.465 bits per heavy atom. The van der Waals surface area contributed by atoms with Gasteiger partial charge in [0.1, 0.15) is 5.78 Å². The van der Waals surface area contributed by atoms with Crippen molar-refractivity contribution in [3.63, 3.8) is 0 Å². The summed E-state index contributed by atoms with van der Waals surface area (Å²) < 4.78 is 37.1. The minimum Gasteiger partial charge on any atom is -0.381 e. The van der Waals surface area contributed by atoms with Crippen LogP contribution in [0.2, 0.25) is 0 Å². The number of thioether (sulfide) groups is 1. The van der Waals surface area contributed by atoms with Gasteiger partial charge in [0.05, 0.1) is 31.0 Å². The summed E-state index contributed by atoms with van der Waals surface area (Å²) in [5.41, 5.74) is 0.358. The number of hydrogen-bond acceptors (Lipinski definition) is 10. The van der Waals surface area contributed by atoms with Crippen LogP contribution < -0.4 is 0 Å². The molecule has 10 heteroatoms. The molecule has 0 radical (unpaired) electrons. The maximum absolute atomic E-state index is 11.8. The summed E-state index contributed by atoms with van der Waals surface area (Å²) in [5.74, 6) is 5.24. The van der Waals surface area contributed by atoms with Gasteiger partial charge in [0.25, 0.3) is 0 Å². The average molecular weight is 1240 g/mol. The highest BCUT2D eigenvalue weighted by Crippen LogP contribution is 2.65.